The van der Waals surface area contributed by atoms with Gasteiger partial charge in [0.1, 0.15) is 5.78 Å². The fourth-order valence-electron chi connectivity index (χ4n) is 0.839. The number of aliphatic carboxylic acids is 1. The lowest BCUT2D eigenvalue weighted by Gasteiger charge is -2.16. The van der Waals surface area contributed by atoms with Gasteiger partial charge in [0.25, 0.3) is 0 Å². The zero-order chi connectivity index (χ0) is 11.3. The Bertz CT molecular complexity index is 248. The number of hydrogen-bond acceptors (Lipinski definition) is 4. The quantitative estimate of drug-likeness (QED) is 0.493. The van der Waals surface area contributed by atoms with Crippen molar-refractivity contribution in [3.05, 3.63) is 0 Å². The molecule has 0 aliphatic carbocycles. The van der Waals surface area contributed by atoms with Gasteiger partial charge in [-0.2, -0.15) is 0 Å². The van der Waals surface area contributed by atoms with Gasteiger partial charge in [0.2, 0.25) is 5.91 Å². The summed E-state index contributed by atoms with van der Waals surface area (Å²) in [6, 6.07) is -1.37. The summed E-state index contributed by atoms with van der Waals surface area (Å²) in [7, 11) is 0. The number of carbonyl (C=O) groups excluding carboxylic acids is 2. The van der Waals surface area contributed by atoms with Crippen LogP contribution in [0, 0.1) is 0 Å². The van der Waals surface area contributed by atoms with E-state index in [-0.39, 0.29) is 12.2 Å². The number of carboxylic acid groups (broad SMARTS) is 1. The van der Waals surface area contributed by atoms with E-state index >= 15 is 0 Å². The van der Waals surface area contributed by atoms with Crippen LogP contribution in [0.4, 0.5) is 0 Å². The van der Waals surface area contributed by atoms with Crippen LogP contribution in [0.3, 0.4) is 0 Å². The van der Waals surface area contributed by atoms with E-state index in [2.05, 4.69) is 0 Å². The molecule has 6 heteroatoms. The van der Waals surface area contributed by atoms with Crippen LogP contribution in [0.15, 0.2) is 0 Å². The van der Waals surface area contributed by atoms with E-state index in [4.69, 9.17) is 10.2 Å². The van der Waals surface area contributed by atoms with Crippen LogP contribution in [-0.2, 0) is 14.4 Å². The Morgan fingerprint density at radius 2 is 1.86 bits per heavy atom. The van der Waals surface area contributed by atoms with Crippen molar-refractivity contribution < 1.29 is 24.6 Å². The highest BCUT2D eigenvalue weighted by Crippen LogP contribution is 1.94. The van der Waals surface area contributed by atoms with Crippen LogP contribution in [0.1, 0.15) is 20.3 Å². The molecule has 0 aliphatic heterocycles. The monoisotopic (exact) mass is 203 g/mol. The molecule has 0 heterocycles. The number of aliphatic hydroxyl groups is 1. The average molecular weight is 203 g/mol. The van der Waals surface area contributed by atoms with E-state index in [0.29, 0.717) is 0 Å². The van der Waals surface area contributed by atoms with Crippen molar-refractivity contribution in [1.82, 2.24) is 5.32 Å². The van der Waals surface area contributed by atoms with Crippen LogP contribution < -0.4 is 5.32 Å². The lowest BCUT2D eigenvalue weighted by molar-refractivity contribution is -0.145. The summed E-state index contributed by atoms with van der Waals surface area (Å²) in [6.07, 6.45) is -1.58. The lowest BCUT2D eigenvalue weighted by Crippen LogP contribution is -2.47. The van der Waals surface area contributed by atoms with E-state index < -0.39 is 24.0 Å². The second-order valence-electron chi connectivity index (χ2n) is 3.00. The van der Waals surface area contributed by atoms with Gasteiger partial charge in [0.15, 0.2) is 6.04 Å². The number of ketones is 1. The van der Waals surface area contributed by atoms with E-state index in [1.54, 1.807) is 0 Å². The summed E-state index contributed by atoms with van der Waals surface area (Å²) >= 11 is 0. The maximum Gasteiger partial charge on any atom is 0.328 e. The largest absolute Gasteiger partial charge is 0.480 e. The van der Waals surface area contributed by atoms with Crippen molar-refractivity contribution in [3.8, 4) is 0 Å². The van der Waals surface area contributed by atoms with Crippen molar-refractivity contribution >= 4 is 17.7 Å². The molecule has 0 aromatic heterocycles. The number of carbonyl (C=O) groups is 3. The van der Waals surface area contributed by atoms with E-state index in [0.717, 1.165) is 0 Å². The summed E-state index contributed by atoms with van der Waals surface area (Å²) in [5, 5.41) is 19.6. The Balaban J connectivity index is 4.24. The van der Waals surface area contributed by atoms with Crippen molar-refractivity contribution in [2.24, 2.45) is 0 Å². The highest BCUT2D eigenvalue weighted by atomic mass is 16.4. The predicted molar refractivity (Wildman–Crippen MR) is 46.5 cm³/mol. The summed E-state index contributed by atoms with van der Waals surface area (Å²) in [6.45, 7) is 2.46. The number of hydrogen-bond donors (Lipinski definition) is 3. The Labute approximate surface area is 80.9 Å². The maximum absolute atomic E-state index is 11.0. The van der Waals surface area contributed by atoms with Crippen molar-refractivity contribution in [3.63, 3.8) is 0 Å². The SMILES string of the molecule is CC(=O)CC(=O)N[C@H](C(=O)O)[C@@H](C)O. The Morgan fingerprint density at radius 3 is 2.14 bits per heavy atom. The summed E-state index contributed by atoms with van der Waals surface area (Å²) in [4.78, 5) is 32.0. The molecule has 0 rings (SSSR count). The summed E-state index contributed by atoms with van der Waals surface area (Å²) in [5.41, 5.74) is 0. The highest BCUT2D eigenvalue weighted by Gasteiger charge is 2.24. The van der Waals surface area contributed by atoms with Gasteiger partial charge in [-0.05, 0) is 13.8 Å². The molecule has 0 aromatic carbocycles. The molecule has 1 amide bonds. The zero-order valence-corrected chi connectivity index (χ0v) is 7.98. The number of Topliss-reactive ketones (excluding diaryl/α,β-unsaturated/α-hetero) is 1. The third kappa shape index (κ3) is 4.56. The molecule has 14 heavy (non-hydrogen) atoms. The molecule has 6 nitrogen and oxygen atoms in total. The molecule has 0 unspecified atom stereocenters. The first-order chi connectivity index (χ1) is 6.34. The molecule has 0 spiro atoms. The normalized spacial score (nSPS) is 14.2. The van der Waals surface area contributed by atoms with Gasteiger partial charge in [0, 0.05) is 0 Å². The maximum atomic E-state index is 11.0. The number of rotatable bonds is 5. The van der Waals surface area contributed by atoms with Crippen LogP contribution in [0.2, 0.25) is 0 Å². The molecular weight excluding hydrogens is 190 g/mol. The first kappa shape index (κ1) is 12.6. The van der Waals surface area contributed by atoms with Crippen LogP contribution in [0.25, 0.3) is 0 Å². The third-order valence-corrected chi connectivity index (χ3v) is 1.47. The third-order valence-electron chi connectivity index (χ3n) is 1.47. The minimum atomic E-state index is -1.37. The topological polar surface area (TPSA) is 104 Å². The van der Waals surface area contributed by atoms with Gasteiger partial charge in [0.05, 0.1) is 12.5 Å². The van der Waals surface area contributed by atoms with Crippen LogP contribution >= 0.6 is 0 Å². The van der Waals surface area contributed by atoms with Crippen LogP contribution in [-0.4, -0.2) is 40.0 Å². The summed E-state index contributed by atoms with van der Waals surface area (Å²) < 4.78 is 0. The molecule has 0 aliphatic rings. The number of nitrogens with one attached hydrogen (secondary N) is 1. The molecule has 80 valence electrons. The molecule has 0 saturated heterocycles. The molecule has 0 saturated carbocycles. The van der Waals surface area contributed by atoms with Gasteiger partial charge in [-0.3, -0.25) is 9.59 Å². The highest BCUT2D eigenvalue weighted by molar-refractivity contribution is 5.98. The van der Waals surface area contributed by atoms with E-state index in [1.807, 2.05) is 5.32 Å². The fourth-order valence-corrected chi connectivity index (χ4v) is 0.839. The minimum absolute atomic E-state index is 0.364. The zero-order valence-electron chi connectivity index (χ0n) is 7.98. The van der Waals surface area contributed by atoms with E-state index in [9.17, 15) is 14.4 Å². The van der Waals surface area contributed by atoms with Gasteiger partial charge >= 0.3 is 5.97 Å². The first-order valence-corrected chi connectivity index (χ1v) is 4.04. The molecule has 2 atom stereocenters. The predicted octanol–water partition coefficient (Wildman–Crippen LogP) is -1.08. The smallest absolute Gasteiger partial charge is 0.328 e. The van der Waals surface area contributed by atoms with Gasteiger partial charge in [-0.1, -0.05) is 0 Å². The number of carboxylic acids is 1. The molecule has 0 radical (unpaired) electrons. The standard InChI is InChI=1S/C8H13NO5/c1-4(10)3-6(12)9-7(5(2)11)8(13)14/h5,7,11H,3H2,1-2H3,(H,9,12)(H,13,14)/t5-,7+/m1/s1. The number of aliphatic hydroxyl groups excluding tert-OH is 1. The van der Waals surface area contributed by atoms with Crippen molar-refractivity contribution in [2.45, 2.75) is 32.4 Å². The molecule has 0 bridgehead atoms. The fraction of sp³-hybridized carbons (Fsp3) is 0.625. The Hall–Kier alpha value is -1.43. The van der Waals surface area contributed by atoms with Gasteiger partial charge in [-0.15, -0.1) is 0 Å². The van der Waals surface area contributed by atoms with E-state index in [1.165, 1.54) is 13.8 Å². The first-order valence-electron chi connectivity index (χ1n) is 4.04. The second kappa shape index (κ2) is 5.33. The van der Waals surface area contributed by atoms with Crippen LogP contribution in [0.5, 0.6) is 0 Å². The average Bonchev–Trinajstić information content (AvgIpc) is 1.97. The summed E-state index contributed by atoms with van der Waals surface area (Å²) in [5.74, 6) is -2.40. The Kier molecular flexibility index (Phi) is 4.79. The molecular formula is C8H13NO5. The van der Waals surface area contributed by atoms with Gasteiger partial charge in [-0.25, -0.2) is 4.79 Å². The lowest BCUT2D eigenvalue weighted by atomic mass is 10.1. The Morgan fingerprint density at radius 1 is 1.36 bits per heavy atom. The van der Waals surface area contributed by atoms with Crippen molar-refractivity contribution in [1.29, 1.82) is 0 Å². The molecule has 3 N–H and O–H groups in total. The van der Waals surface area contributed by atoms with Gasteiger partial charge < -0.3 is 15.5 Å². The molecule has 0 aromatic rings. The van der Waals surface area contributed by atoms with Crippen molar-refractivity contribution in [2.75, 3.05) is 0 Å². The second-order valence-corrected chi connectivity index (χ2v) is 3.00. The number of amides is 1. The minimum Gasteiger partial charge on any atom is -0.480 e. The molecule has 0 fully saturated rings.